The van der Waals surface area contributed by atoms with E-state index in [0.717, 1.165) is 11.3 Å². The third-order valence-electron chi connectivity index (χ3n) is 1.81. The molecular formula is C15H28O2S. The van der Waals surface area contributed by atoms with Gasteiger partial charge in [0, 0.05) is 0 Å². The fraction of sp³-hybridized carbons (Fsp3) is 0.600. The lowest BCUT2D eigenvalue weighted by Gasteiger charge is -2.19. The Balaban J connectivity index is 0. The number of hydrogen-bond acceptors (Lipinski definition) is 3. The Morgan fingerprint density at radius 2 is 1.67 bits per heavy atom. The maximum Gasteiger partial charge on any atom is 0.119 e. The third-order valence-corrected chi connectivity index (χ3v) is 1.81. The molecule has 3 heteroatoms. The van der Waals surface area contributed by atoms with Gasteiger partial charge in [0.1, 0.15) is 5.75 Å². The normalized spacial score (nSPS) is 9.56. The first kappa shape index (κ1) is 19.7. The van der Waals surface area contributed by atoms with E-state index in [1.807, 2.05) is 58.9 Å². The van der Waals surface area contributed by atoms with E-state index in [9.17, 15) is 0 Å². The van der Waals surface area contributed by atoms with Gasteiger partial charge in [-0.3, -0.25) is 0 Å². The summed E-state index contributed by atoms with van der Waals surface area (Å²) >= 11 is 3.53. The minimum Gasteiger partial charge on any atom is -0.497 e. The van der Waals surface area contributed by atoms with E-state index in [0.29, 0.717) is 6.61 Å². The molecule has 0 saturated heterocycles. The van der Waals surface area contributed by atoms with Crippen LogP contribution >= 0.6 is 12.6 Å². The summed E-state index contributed by atoms with van der Waals surface area (Å²) in [7, 11) is 1.67. The van der Waals surface area contributed by atoms with Gasteiger partial charge in [-0.15, -0.1) is 0 Å². The fourth-order valence-electron chi connectivity index (χ4n) is 1.06. The molecule has 0 aliphatic rings. The summed E-state index contributed by atoms with van der Waals surface area (Å²) in [5.74, 6) is 0.875. The van der Waals surface area contributed by atoms with E-state index in [1.54, 1.807) is 13.4 Å². The van der Waals surface area contributed by atoms with Crippen LogP contribution in [0.1, 0.15) is 40.2 Å². The fourth-order valence-corrected chi connectivity index (χ4v) is 1.06. The van der Waals surface area contributed by atoms with Crippen molar-refractivity contribution in [3.63, 3.8) is 0 Å². The van der Waals surface area contributed by atoms with Crippen molar-refractivity contribution in [2.24, 2.45) is 0 Å². The van der Waals surface area contributed by atoms with E-state index in [-0.39, 0.29) is 5.60 Å². The monoisotopic (exact) mass is 272 g/mol. The topological polar surface area (TPSA) is 18.5 Å². The van der Waals surface area contributed by atoms with Crippen LogP contribution in [-0.4, -0.2) is 19.0 Å². The van der Waals surface area contributed by atoms with Crippen molar-refractivity contribution in [3.05, 3.63) is 29.8 Å². The second kappa shape index (κ2) is 11.4. The highest BCUT2D eigenvalue weighted by atomic mass is 32.1. The lowest BCUT2D eigenvalue weighted by Crippen LogP contribution is -2.18. The molecule has 0 N–H and O–H groups in total. The minimum atomic E-state index is -0.0942. The smallest absolute Gasteiger partial charge is 0.119 e. The van der Waals surface area contributed by atoms with Crippen LogP contribution in [0, 0.1) is 0 Å². The Kier molecular flexibility index (Phi) is 12.5. The molecule has 2 nitrogen and oxygen atoms in total. The summed E-state index contributed by atoms with van der Waals surface area (Å²) in [6.45, 7) is 10.8. The van der Waals surface area contributed by atoms with Crippen LogP contribution in [0.3, 0.4) is 0 Å². The van der Waals surface area contributed by atoms with Crippen LogP contribution in [0.5, 0.6) is 5.75 Å². The lowest BCUT2D eigenvalue weighted by molar-refractivity contribution is -0.0150. The van der Waals surface area contributed by atoms with Gasteiger partial charge >= 0.3 is 0 Å². The molecule has 0 heterocycles. The zero-order valence-corrected chi connectivity index (χ0v) is 13.7. The van der Waals surface area contributed by atoms with Crippen molar-refractivity contribution in [1.82, 2.24) is 0 Å². The van der Waals surface area contributed by atoms with Crippen molar-refractivity contribution in [2.75, 3.05) is 13.4 Å². The minimum absolute atomic E-state index is 0.0942. The molecular weight excluding hydrogens is 244 g/mol. The van der Waals surface area contributed by atoms with Gasteiger partial charge in [0.25, 0.3) is 0 Å². The number of thiol groups is 1. The molecule has 0 atom stereocenters. The molecule has 0 radical (unpaired) electrons. The molecule has 18 heavy (non-hydrogen) atoms. The molecule has 0 aliphatic heterocycles. The molecule has 0 bridgehead atoms. The number of benzene rings is 1. The van der Waals surface area contributed by atoms with Gasteiger partial charge in [0.15, 0.2) is 0 Å². The van der Waals surface area contributed by atoms with Gasteiger partial charge in [-0.05, 0) is 44.7 Å². The summed E-state index contributed by atoms with van der Waals surface area (Å²) < 4.78 is 10.8. The van der Waals surface area contributed by atoms with Crippen molar-refractivity contribution in [2.45, 2.75) is 46.8 Å². The average Bonchev–Trinajstić information content (AvgIpc) is 2.40. The number of hydrogen-bond donors (Lipinski definition) is 1. The predicted molar refractivity (Wildman–Crippen MR) is 83.8 cm³/mol. The first-order valence-electron chi connectivity index (χ1n) is 6.23. The molecule has 0 amide bonds. The summed E-state index contributed by atoms with van der Waals surface area (Å²) in [5.41, 5.74) is 1.04. The van der Waals surface area contributed by atoms with Crippen molar-refractivity contribution in [3.8, 4) is 5.75 Å². The molecule has 0 saturated carbocycles. The van der Waals surface area contributed by atoms with Gasteiger partial charge in [-0.2, -0.15) is 12.6 Å². The molecule has 0 fully saturated rings. The lowest BCUT2D eigenvalue weighted by atomic mass is 10.2. The molecule has 0 aliphatic carbocycles. The summed E-state index contributed by atoms with van der Waals surface area (Å²) in [4.78, 5) is 0. The van der Waals surface area contributed by atoms with E-state index >= 15 is 0 Å². The quantitative estimate of drug-likeness (QED) is 0.812. The van der Waals surface area contributed by atoms with Gasteiger partial charge in [0.05, 0.1) is 19.3 Å². The summed E-state index contributed by atoms with van der Waals surface area (Å²) in [5, 5.41) is 0. The predicted octanol–water partition coefficient (Wildman–Crippen LogP) is 4.58. The molecule has 1 aromatic rings. The van der Waals surface area contributed by atoms with Crippen LogP contribution in [-0.2, 0) is 11.3 Å². The molecule has 1 aromatic carbocycles. The van der Waals surface area contributed by atoms with Crippen molar-refractivity contribution >= 4 is 12.6 Å². The highest BCUT2D eigenvalue weighted by molar-refractivity contribution is 7.79. The maximum absolute atomic E-state index is 5.66. The number of ether oxygens (including phenoxy) is 2. The Bertz CT molecular complexity index is 293. The van der Waals surface area contributed by atoms with Crippen LogP contribution in [0.2, 0.25) is 0 Å². The maximum atomic E-state index is 5.66. The van der Waals surface area contributed by atoms with Crippen molar-refractivity contribution < 1.29 is 9.47 Å². The molecule has 0 unspecified atom stereocenters. The first-order valence-corrected chi connectivity index (χ1v) is 7.12. The van der Waals surface area contributed by atoms with Crippen molar-refractivity contribution in [1.29, 1.82) is 0 Å². The standard InChI is InChI=1S/C12H18O2.C2H6.CH4S/c1-12(2,3)14-9-10-6-5-7-11(8-10)13-4;2*1-2/h5-8H,9H2,1-4H3;1-2H3;2H,1H3. The summed E-state index contributed by atoms with van der Waals surface area (Å²) in [6, 6.07) is 7.93. The van der Waals surface area contributed by atoms with Gasteiger partial charge in [-0.1, -0.05) is 26.0 Å². The van der Waals surface area contributed by atoms with Crippen LogP contribution in [0.25, 0.3) is 0 Å². The number of rotatable bonds is 3. The Morgan fingerprint density at radius 3 is 2.11 bits per heavy atom. The van der Waals surface area contributed by atoms with Gasteiger partial charge in [0.2, 0.25) is 0 Å². The molecule has 106 valence electrons. The average molecular weight is 272 g/mol. The molecule has 0 spiro atoms. The van der Waals surface area contributed by atoms with E-state index < -0.39 is 0 Å². The van der Waals surface area contributed by atoms with E-state index in [1.165, 1.54) is 0 Å². The van der Waals surface area contributed by atoms with E-state index in [4.69, 9.17) is 9.47 Å². The zero-order valence-electron chi connectivity index (χ0n) is 12.8. The van der Waals surface area contributed by atoms with E-state index in [2.05, 4.69) is 12.6 Å². The highest BCUT2D eigenvalue weighted by Gasteiger charge is 2.09. The van der Waals surface area contributed by atoms with Crippen LogP contribution in [0.4, 0.5) is 0 Å². The Morgan fingerprint density at radius 1 is 1.11 bits per heavy atom. The SMILES string of the molecule is CC.COc1cccc(COC(C)(C)C)c1.CS. The van der Waals surface area contributed by atoms with Gasteiger partial charge < -0.3 is 9.47 Å². The van der Waals surface area contributed by atoms with Crippen LogP contribution in [0.15, 0.2) is 24.3 Å². The first-order chi connectivity index (χ1) is 8.51. The Hall–Kier alpha value is -0.670. The second-order valence-corrected chi connectivity index (χ2v) is 4.25. The van der Waals surface area contributed by atoms with Crippen LogP contribution < -0.4 is 4.74 Å². The zero-order chi connectivity index (χ0) is 14.6. The highest BCUT2D eigenvalue weighted by Crippen LogP contribution is 2.16. The molecule has 1 rings (SSSR count). The van der Waals surface area contributed by atoms with Gasteiger partial charge in [-0.25, -0.2) is 0 Å². The second-order valence-electron chi connectivity index (χ2n) is 4.25. The third kappa shape index (κ3) is 10.5. The molecule has 0 aromatic heterocycles. The number of methoxy groups -OCH3 is 1. The largest absolute Gasteiger partial charge is 0.497 e. The summed E-state index contributed by atoms with van der Waals surface area (Å²) in [6.07, 6.45) is 1.69. The Labute approximate surface area is 118 Å².